The van der Waals surface area contributed by atoms with Gasteiger partial charge in [0.2, 0.25) is 0 Å². The lowest BCUT2D eigenvalue weighted by atomic mass is 10.0. The standard InChI is InChI=1S/C17H26N2O3/c1-17(2,3)22-16(21)18-14-12-19(10-9-15(14)20)11-13-7-5-4-6-8-13/h4-8,14-15,20H,9-12H2,1-3H3,(H,18,21)/t14?,15-/m1/s1. The molecule has 0 aliphatic carbocycles. The minimum atomic E-state index is -0.534. The highest BCUT2D eigenvalue weighted by molar-refractivity contribution is 5.68. The molecule has 22 heavy (non-hydrogen) atoms. The molecule has 0 spiro atoms. The number of amides is 1. The van der Waals surface area contributed by atoms with Crippen LogP contribution in [0.1, 0.15) is 32.8 Å². The zero-order valence-electron chi connectivity index (χ0n) is 13.6. The molecule has 1 amide bonds. The smallest absolute Gasteiger partial charge is 0.408 e. The fourth-order valence-corrected chi connectivity index (χ4v) is 2.59. The molecular formula is C17H26N2O3. The second kappa shape index (κ2) is 7.11. The first kappa shape index (κ1) is 16.8. The van der Waals surface area contributed by atoms with Gasteiger partial charge in [-0.05, 0) is 32.8 Å². The van der Waals surface area contributed by atoms with Gasteiger partial charge in [0, 0.05) is 19.6 Å². The number of likely N-dealkylation sites (tertiary alicyclic amines) is 1. The number of piperidine rings is 1. The first-order valence-electron chi connectivity index (χ1n) is 7.77. The molecule has 1 unspecified atom stereocenters. The van der Waals surface area contributed by atoms with Gasteiger partial charge in [-0.2, -0.15) is 0 Å². The highest BCUT2D eigenvalue weighted by Crippen LogP contribution is 2.15. The first-order valence-corrected chi connectivity index (χ1v) is 7.77. The van der Waals surface area contributed by atoms with E-state index in [1.165, 1.54) is 5.56 Å². The van der Waals surface area contributed by atoms with Gasteiger partial charge in [0.1, 0.15) is 5.60 Å². The lowest BCUT2D eigenvalue weighted by molar-refractivity contribution is 0.0210. The molecule has 122 valence electrons. The van der Waals surface area contributed by atoms with Crippen LogP contribution in [0.4, 0.5) is 4.79 Å². The molecule has 1 fully saturated rings. The monoisotopic (exact) mass is 306 g/mol. The number of carbonyl (C=O) groups is 1. The number of alkyl carbamates (subject to hydrolysis) is 1. The van der Waals surface area contributed by atoms with Gasteiger partial charge in [0.25, 0.3) is 0 Å². The van der Waals surface area contributed by atoms with Crippen molar-refractivity contribution in [2.45, 2.75) is 51.5 Å². The van der Waals surface area contributed by atoms with Crippen LogP contribution in [-0.4, -0.2) is 46.9 Å². The summed E-state index contributed by atoms with van der Waals surface area (Å²) in [5.41, 5.74) is 0.697. The quantitative estimate of drug-likeness (QED) is 0.898. The maximum Gasteiger partial charge on any atom is 0.408 e. The van der Waals surface area contributed by atoms with Crippen molar-refractivity contribution in [3.63, 3.8) is 0 Å². The van der Waals surface area contributed by atoms with Crippen molar-refractivity contribution in [1.29, 1.82) is 0 Å². The SMILES string of the molecule is CC(C)(C)OC(=O)NC1CN(Cc2ccccc2)CC[C@H]1O. The predicted octanol–water partition coefficient (Wildman–Crippen LogP) is 2.15. The van der Waals surface area contributed by atoms with E-state index in [2.05, 4.69) is 22.3 Å². The van der Waals surface area contributed by atoms with Crippen molar-refractivity contribution in [2.24, 2.45) is 0 Å². The minimum absolute atomic E-state index is 0.299. The lowest BCUT2D eigenvalue weighted by Gasteiger charge is -2.36. The van der Waals surface area contributed by atoms with Crippen molar-refractivity contribution >= 4 is 6.09 Å². The van der Waals surface area contributed by atoms with Crippen molar-refractivity contribution in [3.05, 3.63) is 35.9 Å². The third-order valence-corrected chi connectivity index (χ3v) is 3.61. The number of carbonyl (C=O) groups excluding carboxylic acids is 1. The summed E-state index contributed by atoms with van der Waals surface area (Å²) in [5.74, 6) is 0. The second-order valence-electron chi connectivity index (χ2n) is 6.83. The number of rotatable bonds is 3. The molecule has 1 saturated heterocycles. The molecular weight excluding hydrogens is 280 g/mol. The van der Waals surface area contributed by atoms with Crippen LogP contribution in [0.15, 0.2) is 30.3 Å². The van der Waals surface area contributed by atoms with E-state index < -0.39 is 17.8 Å². The van der Waals surface area contributed by atoms with Gasteiger partial charge in [-0.1, -0.05) is 30.3 Å². The second-order valence-corrected chi connectivity index (χ2v) is 6.83. The maximum atomic E-state index is 11.9. The van der Waals surface area contributed by atoms with Gasteiger partial charge in [-0.3, -0.25) is 4.90 Å². The first-order chi connectivity index (χ1) is 10.3. The summed E-state index contributed by atoms with van der Waals surface area (Å²) in [6.45, 7) is 7.74. The Morgan fingerprint density at radius 2 is 2.05 bits per heavy atom. The van der Waals surface area contributed by atoms with E-state index >= 15 is 0 Å². The molecule has 0 bridgehead atoms. The molecule has 0 radical (unpaired) electrons. The zero-order chi connectivity index (χ0) is 16.2. The lowest BCUT2D eigenvalue weighted by Crippen LogP contribution is -2.55. The highest BCUT2D eigenvalue weighted by atomic mass is 16.6. The summed E-state index contributed by atoms with van der Waals surface area (Å²) in [6, 6.07) is 9.90. The average Bonchev–Trinajstić information content (AvgIpc) is 2.41. The Labute approximate surface area is 132 Å². The number of nitrogens with one attached hydrogen (secondary N) is 1. The fourth-order valence-electron chi connectivity index (χ4n) is 2.59. The van der Waals surface area contributed by atoms with Gasteiger partial charge >= 0.3 is 6.09 Å². The predicted molar refractivity (Wildman–Crippen MR) is 85.5 cm³/mol. The molecule has 1 aromatic carbocycles. The summed E-state index contributed by atoms with van der Waals surface area (Å²) in [5, 5.41) is 12.9. The third-order valence-electron chi connectivity index (χ3n) is 3.61. The Morgan fingerprint density at radius 3 is 2.68 bits per heavy atom. The summed E-state index contributed by atoms with van der Waals surface area (Å²) >= 11 is 0. The summed E-state index contributed by atoms with van der Waals surface area (Å²) in [4.78, 5) is 14.1. The summed E-state index contributed by atoms with van der Waals surface area (Å²) in [6.07, 6.45) is -0.356. The van der Waals surface area contributed by atoms with E-state index in [1.807, 2.05) is 39.0 Å². The number of aliphatic hydroxyl groups excluding tert-OH is 1. The van der Waals surface area contributed by atoms with E-state index in [9.17, 15) is 9.90 Å². The number of benzene rings is 1. The Balaban J connectivity index is 1.89. The number of hydrogen-bond acceptors (Lipinski definition) is 4. The van der Waals surface area contributed by atoms with Crippen LogP contribution in [0.3, 0.4) is 0 Å². The Bertz CT molecular complexity index is 484. The van der Waals surface area contributed by atoms with Crippen molar-refractivity contribution in [1.82, 2.24) is 10.2 Å². The molecule has 0 saturated carbocycles. The molecule has 2 N–H and O–H groups in total. The van der Waals surface area contributed by atoms with Crippen LogP contribution in [0.5, 0.6) is 0 Å². The van der Waals surface area contributed by atoms with Gasteiger partial charge < -0.3 is 15.2 Å². The topological polar surface area (TPSA) is 61.8 Å². The van der Waals surface area contributed by atoms with E-state index in [0.717, 1.165) is 13.1 Å². The zero-order valence-corrected chi connectivity index (χ0v) is 13.6. The molecule has 5 heteroatoms. The van der Waals surface area contributed by atoms with Gasteiger partial charge in [0.05, 0.1) is 12.1 Å². The normalized spacial score (nSPS) is 23.1. The number of aliphatic hydroxyl groups is 1. The van der Waals surface area contributed by atoms with Crippen LogP contribution in [-0.2, 0) is 11.3 Å². The van der Waals surface area contributed by atoms with Crippen molar-refractivity contribution < 1.29 is 14.6 Å². The summed E-state index contributed by atoms with van der Waals surface area (Å²) in [7, 11) is 0. The number of hydrogen-bond donors (Lipinski definition) is 2. The molecule has 2 atom stereocenters. The molecule has 1 aromatic rings. The van der Waals surface area contributed by atoms with E-state index in [4.69, 9.17) is 4.74 Å². The third kappa shape index (κ3) is 5.31. The van der Waals surface area contributed by atoms with E-state index in [1.54, 1.807) is 0 Å². The van der Waals surface area contributed by atoms with Gasteiger partial charge in [0.15, 0.2) is 0 Å². The van der Waals surface area contributed by atoms with Crippen LogP contribution in [0, 0.1) is 0 Å². The minimum Gasteiger partial charge on any atom is -0.444 e. The Kier molecular flexibility index (Phi) is 5.42. The number of nitrogens with zero attached hydrogens (tertiary/aromatic N) is 1. The van der Waals surface area contributed by atoms with E-state index in [-0.39, 0.29) is 6.04 Å². The van der Waals surface area contributed by atoms with Crippen LogP contribution < -0.4 is 5.32 Å². The Hall–Kier alpha value is -1.59. The Morgan fingerprint density at radius 1 is 1.36 bits per heavy atom. The molecule has 5 nitrogen and oxygen atoms in total. The van der Waals surface area contributed by atoms with Crippen LogP contribution in [0.2, 0.25) is 0 Å². The van der Waals surface area contributed by atoms with Crippen LogP contribution in [0.25, 0.3) is 0 Å². The fraction of sp³-hybridized carbons (Fsp3) is 0.588. The van der Waals surface area contributed by atoms with Crippen molar-refractivity contribution in [3.8, 4) is 0 Å². The van der Waals surface area contributed by atoms with Crippen molar-refractivity contribution in [2.75, 3.05) is 13.1 Å². The number of ether oxygens (including phenoxy) is 1. The van der Waals surface area contributed by atoms with Crippen LogP contribution >= 0.6 is 0 Å². The highest BCUT2D eigenvalue weighted by Gasteiger charge is 2.30. The molecule has 2 rings (SSSR count). The van der Waals surface area contributed by atoms with E-state index in [0.29, 0.717) is 13.0 Å². The molecule has 1 aliphatic rings. The molecule has 1 aliphatic heterocycles. The largest absolute Gasteiger partial charge is 0.444 e. The molecule has 0 aromatic heterocycles. The maximum absolute atomic E-state index is 11.9. The van der Waals surface area contributed by atoms with Gasteiger partial charge in [-0.15, -0.1) is 0 Å². The molecule has 1 heterocycles. The summed E-state index contributed by atoms with van der Waals surface area (Å²) < 4.78 is 5.26. The van der Waals surface area contributed by atoms with Gasteiger partial charge in [-0.25, -0.2) is 4.79 Å². The average molecular weight is 306 g/mol.